The van der Waals surface area contributed by atoms with Crippen molar-refractivity contribution in [1.29, 1.82) is 0 Å². The van der Waals surface area contributed by atoms with Gasteiger partial charge < -0.3 is 0 Å². The quantitative estimate of drug-likeness (QED) is 0.849. The minimum absolute atomic E-state index is 0.124. The van der Waals surface area contributed by atoms with Crippen LogP contribution in [0.3, 0.4) is 0 Å². The number of hydrogen-bond donors (Lipinski definition) is 0. The normalized spacial score (nSPS) is 11.8. The number of halogens is 1. The Morgan fingerprint density at radius 3 is 2.33 bits per heavy atom. The van der Waals surface area contributed by atoms with Gasteiger partial charge in [-0.15, -0.1) is 0 Å². The fourth-order valence-corrected chi connectivity index (χ4v) is 3.60. The van der Waals surface area contributed by atoms with Crippen LogP contribution in [0.1, 0.15) is 18.1 Å². The third-order valence-corrected chi connectivity index (χ3v) is 5.24. The van der Waals surface area contributed by atoms with Gasteiger partial charge in [0.2, 0.25) is 10.0 Å². The summed E-state index contributed by atoms with van der Waals surface area (Å²) in [5.74, 6) is -0.403. The zero-order valence-corrected chi connectivity index (χ0v) is 12.9. The number of aryl methyl sites for hydroxylation is 1. The Labute approximate surface area is 125 Å². The van der Waals surface area contributed by atoms with E-state index >= 15 is 0 Å². The Balaban J connectivity index is 2.33. The predicted molar refractivity (Wildman–Crippen MR) is 80.8 cm³/mol. The fourth-order valence-electron chi connectivity index (χ4n) is 2.08. The maximum absolute atomic E-state index is 13.3. The smallest absolute Gasteiger partial charge is 0.207 e. The molecule has 0 bridgehead atoms. The number of hydrogen-bond acceptors (Lipinski definition) is 2. The van der Waals surface area contributed by atoms with Crippen molar-refractivity contribution < 1.29 is 12.8 Å². The maximum atomic E-state index is 13.3. The van der Waals surface area contributed by atoms with Crippen LogP contribution in [0.4, 0.5) is 4.39 Å². The third-order valence-electron chi connectivity index (χ3n) is 3.32. The van der Waals surface area contributed by atoms with E-state index in [2.05, 4.69) is 0 Å². The molecule has 21 heavy (non-hydrogen) atoms. The van der Waals surface area contributed by atoms with Crippen LogP contribution in [0.15, 0.2) is 53.4 Å². The lowest BCUT2D eigenvalue weighted by molar-refractivity contribution is 0.423. The molecule has 0 N–H and O–H groups in total. The molecule has 2 aromatic rings. The fraction of sp³-hybridized carbons (Fsp3) is 0.250. The molecule has 0 saturated carbocycles. The molecule has 0 aliphatic carbocycles. The van der Waals surface area contributed by atoms with Gasteiger partial charge in [0.05, 0.1) is 4.90 Å². The second kappa shape index (κ2) is 6.37. The van der Waals surface area contributed by atoms with Gasteiger partial charge in [0.15, 0.2) is 0 Å². The van der Waals surface area contributed by atoms with Gasteiger partial charge in [-0.25, -0.2) is 12.8 Å². The van der Waals surface area contributed by atoms with Crippen molar-refractivity contribution in [2.24, 2.45) is 0 Å². The van der Waals surface area contributed by atoms with Crippen LogP contribution >= 0.6 is 0 Å². The molecule has 5 heteroatoms. The van der Waals surface area contributed by atoms with E-state index in [1.54, 1.807) is 13.8 Å². The van der Waals surface area contributed by atoms with Crippen LogP contribution < -0.4 is 0 Å². The summed E-state index contributed by atoms with van der Waals surface area (Å²) >= 11 is 0. The summed E-state index contributed by atoms with van der Waals surface area (Å²) in [6.07, 6.45) is 0. The molecular weight excluding hydrogens is 289 g/mol. The van der Waals surface area contributed by atoms with E-state index in [-0.39, 0.29) is 4.90 Å². The summed E-state index contributed by atoms with van der Waals surface area (Å²) in [6.45, 7) is 4.00. The monoisotopic (exact) mass is 307 g/mol. The van der Waals surface area contributed by atoms with Gasteiger partial charge in [-0.3, -0.25) is 0 Å². The Bertz CT molecular complexity index is 714. The van der Waals surface area contributed by atoms with Crippen molar-refractivity contribution >= 4 is 10.0 Å². The standard InChI is InChI=1S/C16H18FNO2S/c1-3-18(12-14-7-5-4-6-8-14)21(19,20)15-9-10-16(17)13(2)11-15/h4-11H,3,12H2,1-2H3. The highest BCUT2D eigenvalue weighted by Gasteiger charge is 2.23. The van der Waals surface area contributed by atoms with Crippen molar-refractivity contribution in [3.63, 3.8) is 0 Å². The summed E-state index contributed by atoms with van der Waals surface area (Å²) in [6, 6.07) is 13.3. The minimum atomic E-state index is -3.62. The molecule has 0 spiro atoms. The van der Waals surface area contributed by atoms with Crippen molar-refractivity contribution in [3.05, 3.63) is 65.5 Å². The summed E-state index contributed by atoms with van der Waals surface area (Å²) in [7, 11) is -3.62. The summed E-state index contributed by atoms with van der Waals surface area (Å²) in [5, 5.41) is 0. The Morgan fingerprint density at radius 2 is 1.76 bits per heavy atom. The molecule has 3 nitrogen and oxygen atoms in total. The van der Waals surface area contributed by atoms with E-state index < -0.39 is 15.8 Å². The first kappa shape index (κ1) is 15.7. The molecule has 0 fully saturated rings. The van der Waals surface area contributed by atoms with E-state index in [9.17, 15) is 12.8 Å². The van der Waals surface area contributed by atoms with Crippen molar-refractivity contribution in [2.75, 3.05) is 6.54 Å². The molecule has 0 heterocycles. The Hall–Kier alpha value is -1.72. The Morgan fingerprint density at radius 1 is 1.10 bits per heavy atom. The summed E-state index contributed by atoms with van der Waals surface area (Å²) in [4.78, 5) is 0.124. The van der Waals surface area contributed by atoms with Crippen molar-refractivity contribution in [2.45, 2.75) is 25.3 Å². The zero-order valence-electron chi connectivity index (χ0n) is 12.1. The molecule has 0 amide bonds. The van der Waals surface area contributed by atoms with Crippen LogP contribution in [-0.2, 0) is 16.6 Å². The number of nitrogens with zero attached hydrogens (tertiary/aromatic N) is 1. The van der Waals surface area contributed by atoms with Crippen molar-refractivity contribution in [1.82, 2.24) is 4.31 Å². The van der Waals surface area contributed by atoms with Gasteiger partial charge in [-0.05, 0) is 36.2 Å². The second-order valence-corrected chi connectivity index (χ2v) is 6.77. The molecule has 0 atom stereocenters. The largest absolute Gasteiger partial charge is 0.243 e. The molecule has 0 saturated heterocycles. The minimum Gasteiger partial charge on any atom is -0.207 e. The third kappa shape index (κ3) is 3.49. The molecule has 2 aromatic carbocycles. The average Bonchev–Trinajstić information content (AvgIpc) is 2.48. The van der Waals surface area contributed by atoms with Crippen LogP contribution in [0, 0.1) is 12.7 Å². The molecule has 2 rings (SSSR count). The molecule has 112 valence electrons. The van der Waals surface area contributed by atoms with Gasteiger partial charge in [-0.1, -0.05) is 37.3 Å². The van der Waals surface area contributed by atoms with E-state index in [1.165, 1.54) is 22.5 Å². The zero-order chi connectivity index (χ0) is 15.5. The maximum Gasteiger partial charge on any atom is 0.243 e. The average molecular weight is 307 g/mol. The number of benzene rings is 2. The first-order valence-electron chi connectivity index (χ1n) is 6.75. The lowest BCUT2D eigenvalue weighted by atomic mass is 10.2. The molecule has 0 aromatic heterocycles. The predicted octanol–water partition coefficient (Wildman–Crippen LogP) is 3.34. The first-order chi connectivity index (χ1) is 9.95. The van der Waals surface area contributed by atoms with Gasteiger partial charge in [0.1, 0.15) is 5.82 Å². The lowest BCUT2D eigenvalue weighted by Crippen LogP contribution is -2.30. The van der Waals surface area contributed by atoms with Crippen LogP contribution in [-0.4, -0.2) is 19.3 Å². The van der Waals surface area contributed by atoms with Gasteiger partial charge in [-0.2, -0.15) is 4.31 Å². The molecule has 0 radical (unpaired) electrons. The van der Waals surface area contributed by atoms with E-state index in [4.69, 9.17) is 0 Å². The Kier molecular flexibility index (Phi) is 4.75. The second-order valence-electron chi connectivity index (χ2n) is 4.83. The molecule has 0 aliphatic rings. The SMILES string of the molecule is CCN(Cc1ccccc1)S(=O)(=O)c1ccc(F)c(C)c1. The van der Waals surface area contributed by atoms with Gasteiger partial charge in [0, 0.05) is 13.1 Å². The van der Waals surface area contributed by atoms with E-state index in [0.29, 0.717) is 18.7 Å². The highest BCUT2D eigenvalue weighted by molar-refractivity contribution is 7.89. The first-order valence-corrected chi connectivity index (χ1v) is 8.19. The molecular formula is C16H18FNO2S. The van der Waals surface area contributed by atoms with E-state index in [1.807, 2.05) is 30.3 Å². The topological polar surface area (TPSA) is 37.4 Å². The summed E-state index contributed by atoms with van der Waals surface area (Å²) < 4.78 is 40.0. The highest BCUT2D eigenvalue weighted by Crippen LogP contribution is 2.20. The molecule has 0 unspecified atom stereocenters. The van der Waals surface area contributed by atoms with Crippen LogP contribution in [0.2, 0.25) is 0 Å². The van der Waals surface area contributed by atoms with Crippen molar-refractivity contribution in [3.8, 4) is 0 Å². The van der Waals surface area contributed by atoms with E-state index in [0.717, 1.165) is 5.56 Å². The van der Waals surface area contributed by atoms with Crippen LogP contribution in [0.5, 0.6) is 0 Å². The van der Waals surface area contributed by atoms with Crippen LogP contribution in [0.25, 0.3) is 0 Å². The van der Waals surface area contributed by atoms with Gasteiger partial charge >= 0.3 is 0 Å². The number of rotatable bonds is 5. The molecule has 0 aliphatic heterocycles. The lowest BCUT2D eigenvalue weighted by Gasteiger charge is -2.21. The van der Waals surface area contributed by atoms with Gasteiger partial charge in [0.25, 0.3) is 0 Å². The highest BCUT2D eigenvalue weighted by atomic mass is 32.2. The number of sulfonamides is 1. The summed E-state index contributed by atoms with van der Waals surface area (Å²) in [5.41, 5.74) is 1.24.